The zero-order valence-corrected chi connectivity index (χ0v) is 11.2. The summed E-state index contributed by atoms with van der Waals surface area (Å²) < 4.78 is 0. The zero-order valence-electron chi connectivity index (χ0n) is 10.4. The quantitative estimate of drug-likeness (QED) is 0.896. The average Bonchev–Trinajstić information content (AvgIpc) is 2.86. The summed E-state index contributed by atoms with van der Waals surface area (Å²) in [6.45, 7) is 2.12. The van der Waals surface area contributed by atoms with Crippen molar-refractivity contribution >= 4 is 17.1 Å². The van der Waals surface area contributed by atoms with Gasteiger partial charge in [-0.25, -0.2) is 0 Å². The molecule has 0 aliphatic rings. The van der Waals surface area contributed by atoms with Crippen LogP contribution in [0.5, 0.6) is 0 Å². The van der Waals surface area contributed by atoms with Crippen molar-refractivity contribution in [1.82, 2.24) is 0 Å². The Morgan fingerprint density at radius 1 is 1.17 bits per heavy atom. The lowest BCUT2D eigenvalue weighted by Gasteiger charge is -2.09. The van der Waals surface area contributed by atoms with Crippen molar-refractivity contribution in [1.29, 1.82) is 0 Å². The van der Waals surface area contributed by atoms with Crippen LogP contribution < -0.4 is 5.73 Å². The molecule has 2 nitrogen and oxygen atoms in total. The third kappa shape index (κ3) is 3.06. The number of hydrogen-bond donors (Lipinski definition) is 1. The Balaban J connectivity index is 2.04. The fraction of sp³-hybridized carbons (Fsp3) is 0.267. The molecule has 1 aromatic carbocycles. The van der Waals surface area contributed by atoms with Crippen molar-refractivity contribution < 1.29 is 4.79 Å². The Morgan fingerprint density at radius 3 is 2.44 bits per heavy atom. The summed E-state index contributed by atoms with van der Waals surface area (Å²) >= 11 is 1.70. The Morgan fingerprint density at radius 2 is 1.83 bits per heavy atom. The van der Waals surface area contributed by atoms with E-state index >= 15 is 0 Å². The molecule has 2 N–H and O–H groups in total. The van der Waals surface area contributed by atoms with E-state index in [1.54, 1.807) is 11.3 Å². The van der Waals surface area contributed by atoms with Gasteiger partial charge in [-0.05, 0) is 24.1 Å². The molecule has 0 fully saturated rings. The van der Waals surface area contributed by atoms with Crippen LogP contribution in [-0.2, 0) is 17.6 Å². The van der Waals surface area contributed by atoms with E-state index in [9.17, 15) is 4.79 Å². The molecule has 1 heterocycles. The van der Waals surface area contributed by atoms with E-state index in [0.717, 1.165) is 16.9 Å². The summed E-state index contributed by atoms with van der Waals surface area (Å²) in [5.74, 6) is 0.0747. The first kappa shape index (κ1) is 13.0. The van der Waals surface area contributed by atoms with Gasteiger partial charge in [-0.15, -0.1) is 11.3 Å². The highest BCUT2D eigenvalue weighted by molar-refractivity contribution is 7.12. The highest BCUT2D eigenvalue weighted by atomic mass is 32.1. The molecule has 1 atom stereocenters. The maximum absolute atomic E-state index is 12.1. The minimum Gasteiger partial charge on any atom is -0.318 e. The molecule has 0 aliphatic heterocycles. The van der Waals surface area contributed by atoms with Gasteiger partial charge in [0.25, 0.3) is 0 Å². The smallest absolute Gasteiger partial charge is 0.159 e. The van der Waals surface area contributed by atoms with Crippen molar-refractivity contribution in [2.45, 2.75) is 25.8 Å². The molecule has 1 aromatic heterocycles. The predicted molar refractivity (Wildman–Crippen MR) is 75.8 cm³/mol. The second-order valence-electron chi connectivity index (χ2n) is 4.25. The molecule has 0 saturated carbocycles. The minimum absolute atomic E-state index is 0.0747. The summed E-state index contributed by atoms with van der Waals surface area (Å²) in [5, 5.41) is 0. The van der Waals surface area contributed by atoms with Gasteiger partial charge in [-0.2, -0.15) is 0 Å². The summed E-state index contributed by atoms with van der Waals surface area (Å²) in [6.07, 6.45) is 1.45. The van der Waals surface area contributed by atoms with E-state index in [4.69, 9.17) is 5.73 Å². The lowest BCUT2D eigenvalue weighted by Crippen LogP contribution is -2.22. The molecule has 0 aliphatic carbocycles. The van der Waals surface area contributed by atoms with Crippen LogP contribution >= 0.6 is 11.3 Å². The molecular weight excluding hydrogens is 242 g/mol. The second-order valence-corrected chi connectivity index (χ2v) is 5.51. The largest absolute Gasteiger partial charge is 0.318 e. The number of carbonyl (C=O) groups is 1. The summed E-state index contributed by atoms with van der Waals surface area (Å²) in [6, 6.07) is 13.1. The number of carbonyl (C=O) groups excluding carboxylic acids is 1. The number of aryl methyl sites for hydroxylation is 1. The van der Waals surface area contributed by atoms with Crippen molar-refractivity contribution in [2.75, 3.05) is 0 Å². The van der Waals surface area contributed by atoms with Crippen LogP contribution in [0.1, 0.15) is 28.3 Å². The van der Waals surface area contributed by atoms with E-state index in [1.807, 2.05) is 36.4 Å². The molecule has 0 saturated heterocycles. The van der Waals surface area contributed by atoms with Crippen LogP contribution in [0.25, 0.3) is 0 Å². The van der Waals surface area contributed by atoms with Gasteiger partial charge in [0.2, 0.25) is 0 Å². The highest BCUT2D eigenvalue weighted by Gasteiger charge is 2.16. The number of Topliss-reactive ketones (excluding diaryl/α,β-unsaturated/α-hetero) is 1. The molecule has 94 valence electrons. The Labute approximate surface area is 111 Å². The monoisotopic (exact) mass is 259 g/mol. The van der Waals surface area contributed by atoms with Crippen molar-refractivity contribution in [2.24, 2.45) is 5.73 Å². The van der Waals surface area contributed by atoms with Gasteiger partial charge in [0.1, 0.15) is 0 Å². The maximum Gasteiger partial charge on any atom is 0.159 e. The first-order valence-corrected chi connectivity index (χ1v) is 6.93. The lowest BCUT2D eigenvalue weighted by atomic mass is 10.0. The second kappa shape index (κ2) is 5.94. The van der Waals surface area contributed by atoms with Crippen LogP contribution in [0.3, 0.4) is 0 Å². The molecule has 18 heavy (non-hydrogen) atoms. The Bertz CT molecular complexity index is 518. The molecular formula is C15H17NOS. The van der Waals surface area contributed by atoms with Crippen LogP contribution in [0.15, 0.2) is 42.5 Å². The highest BCUT2D eigenvalue weighted by Crippen LogP contribution is 2.20. The van der Waals surface area contributed by atoms with E-state index in [2.05, 4.69) is 13.0 Å². The Kier molecular flexibility index (Phi) is 4.28. The van der Waals surface area contributed by atoms with E-state index in [0.29, 0.717) is 6.42 Å². The maximum atomic E-state index is 12.1. The van der Waals surface area contributed by atoms with Gasteiger partial charge in [0.05, 0.1) is 6.04 Å². The molecule has 0 spiro atoms. The topological polar surface area (TPSA) is 43.1 Å². The van der Waals surface area contributed by atoms with Gasteiger partial charge in [-0.3, -0.25) is 4.79 Å². The van der Waals surface area contributed by atoms with E-state index in [-0.39, 0.29) is 5.78 Å². The van der Waals surface area contributed by atoms with Gasteiger partial charge >= 0.3 is 0 Å². The molecule has 3 heteroatoms. The molecule has 1 unspecified atom stereocenters. The summed E-state index contributed by atoms with van der Waals surface area (Å²) in [7, 11) is 0. The molecule has 0 amide bonds. The number of benzene rings is 1. The lowest BCUT2D eigenvalue weighted by molar-refractivity contribution is -0.119. The van der Waals surface area contributed by atoms with Crippen molar-refractivity contribution in [3.63, 3.8) is 0 Å². The van der Waals surface area contributed by atoms with E-state index < -0.39 is 6.04 Å². The van der Waals surface area contributed by atoms with Crippen LogP contribution in [0.2, 0.25) is 0 Å². The minimum atomic E-state index is -0.515. The van der Waals surface area contributed by atoms with Crippen molar-refractivity contribution in [3.8, 4) is 0 Å². The molecule has 2 rings (SSSR count). The third-order valence-corrected chi connectivity index (χ3v) is 4.15. The SMILES string of the molecule is CCc1ccc(CC(=O)C(N)c2ccccc2)s1. The standard InChI is InChI=1S/C15H17NOS/c1-2-12-8-9-13(18-12)10-14(17)15(16)11-6-4-3-5-7-11/h3-9,15H,2,10,16H2,1H3. The number of nitrogens with two attached hydrogens (primary N) is 1. The molecule has 0 radical (unpaired) electrons. The number of rotatable bonds is 5. The Hall–Kier alpha value is -1.45. The molecule has 2 aromatic rings. The predicted octanol–water partition coefficient (Wildman–Crippen LogP) is 3.12. The zero-order chi connectivity index (χ0) is 13.0. The van der Waals surface area contributed by atoms with Crippen molar-refractivity contribution in [3.05, 3.63) is 57.8 Å². The van der Waals surface area contributed by atoms with E-state index in [1.165, 1.54) is 4.88 Å². The fourth-order valence-corrected chi connectivity index (χ4v) is 2.80. The number of thiophene rings is 1. The number of hydrogen-bond acceptors (Lipinski definition) is 3. The molecule has 0 bridgehead atoms. The van der Waals surface area contributed by atoms with Gasteiger partial charge < -0.3 is 5.73 Å². The third-order valence-electron chi connectivity index (χ3n) is 2.92. The van der Waals surface area contributed by atoms with Crippen LogP contribution in [0, 0.1) is 0 Å². The van der Waals surface area contributed by atoms with Crippen LogP contribution in [0.4, 0.5) is 0 Å². The normalized spacial score (nSPS) is 12.3. The van der Waals surface area contributed by atoms with Gasteiger partial charge in [-0.1, -0.05) is 37.3 Å². The first-order chi connectivity index (χ1) is 8.70. The van der Waals surface area contributed by atoms with Crippen LogP contribution in [-0.4, -0.2) is 5.78 Å². The fourth-order valence-electron chi connectivity index (χ4n) is 1.84. The van der Waals surface area contributed by atoms with Gasteiger partial charge in [0.15, 0.2) is 5.78 Å². The van der Waals surface area contributed by atoms with Gasteiger partial charge in [0, 0.05) is 16.2 Å². The average molecular weight is 259 g/mol. The summed E-state index contributed by atoms with van der Waals surface area (Å²) in [5.41, 5.74) is 6.86. The first-order valence-electron chi connectivity index (χ1n) is 6.11. The summed E-state index contributed by atoms with van der Waals surface area (Å²) in [4.78, 5) is 14.5. The number of ketones is 1.